The van der Waals surface area contributed by atoms with Crippen molar-refractivity contribution in [3.63, 3.8) is 0 Å². The SMILES string of the molecule is CC1C(C)[N+]12C1C2[C@@H](C)C[C@@H]1C. The highest BCUT2D eigenvalue weighted by Crippen LogP contribution is 2.68. The molecule has 0 aromatic heterocycles. The van der Waals surface area contributed by atoms with Crippen molar-refractivity contribution in [2.75, 3.05) is 0 Å². The second kappa shape index (κ2) is 1.75. The molecule has 1 nitrogen and oxygen atoms in total. The summed E-state index contributed by atoms with van der Waals surface area (Å²) in [5, 5.41) is 0. The molecule has 1 saturated carbocycles. The molecule has 2 heterocycles. The Kier molecular flexibility index (Phi) is 1.07. The van der Waals surface area contributed by atoms with E-state index in [1.165, 1.54) is 10.9 Å². The van der Waals surface area contributed by atoms with Crippen LogP contribution in [0.2, 0.25) is 0 Å². The molecule has 1 heteroatoms. The minimum absolute atomic E-state index is 0.991. The standard InChI is InChI=1S/C11H20N/c1-6-5-7(2)11-10(6)12(11)8(3)9(12)4/h6-11H,5H2,1-4H3/q+1/t6-,7-,8?,9?,10?,11?,12?/m0/s1. The Bertz CT molecular complexity index is 211. The number of hydrogen-bond donors (Lipinski definition) is 0. The summed E-state index contributed by atoms with van der Waals surface area (Å²) in [6.45, 7) is 9.82. The number of nitrogens with zero attached hydrogens (tertiary/aromatic N) is 1. The molecule has 0 radical (unpaired) electrons. The first kappa shape index (κ1) is 7.37. The van der Waals surface area contributed by atoms with Crippen LogP contribution in [0.5, 0.6) is 0 Å². The Hall–Kier alpha value is -0.0400. The monoisotopic (exact) mass is 166 g/mol. The van der Waals surface area contributed by atoms with E-state index in [2.05, 4.69) is 27.7 Å². The first-order chi connectivity index (χ1) is 5.61. The van der Waals surface area contributed by atoms with Gasteiger partial charge in [-0.25, -0.2) is 0 Å². The summed E-state index contributed by atoms with van der Waals surface area (Å²) in [5.41, 5.74) is 0. The van der Waals surface area contributed by atoms with Crippen LogP contribution in [0.3, 0.4) is 0 Å². The fraction of sp³-hybridized carbons (Fsp3) is 1.00. The highest BCUT2D eigenvalue weighted by molar-refractivity contribution is 5.11. The molecule has 0 N–H and O–H groups in total. The lowest BCUT2D eigenvalue weighted by Gasteiger charge is -2.12. The van der Waals surface area contributed by atoms with Gasteiger partial charge >= 0.3 is 0 Å². The third kappa shape index (κ3) is 0.501. The van der Waals surface area contributed by atoms with Crippen molar-refractivity contribution in [2.24, 2.45) is 11.8 Å². The van der Waals surface area contributed by atoms with Crippen LogP contribution >= 0.6 is 0 Å². The molecule has 0 amide bonds. The van der Waals surface area contributed by atoms with Gasteiger partial charge in [0.15, 0.2) is 0 Å². The maximum Gasteiger partial charge on any atom is 0.145 e. The predicted molar refractivity (Wildman–Crippen MR) is 49.7 cm³/mol. The van der Waals surface area contributed by atoms with E-state index in [0.29, 0.717) is 0 Å². The summed E-state index contributed by atoms with van der Waals surface area (Å²) in [4.78, 5) is 0. The molecule has 12 heavy (non-hydrogen) atoms. The smallest absolute Gasteiger partial charge is 0.145 e. The Labute approximate surface area is 75.3 Å². The summed E-state index contributed by atoms with van der Waals surface area (Å²) < 4.78 is 1.53. The number of hydrogen-bond acceptors (Lipinski definition) is 0. The molecule has 3 aliphatic rings. The van der Waals surface area contributed by atoms with Crippen LogP contribution in [-0.2, 0) is 0 Å². The van der Waals surface area contributed by atoms with E-state index in [1.54, 1.807) is 0 Å². The Morgan fingerprint density at radius 2 is 1.25 bits per heavy atom. The van der Waals surface area contributed by atoms with Gasteiger partial charge in [0, 0.05) is 11.8 Å². The van der Waals surface area contributed by atoms with Gasteiger partial charge in [-0.1, -0.05) is 13.8 Å². The van der Waals surface area contributed by atoms with Crippen LogP contribution in [-0.4, -0.2) is 28.7 Å². The summed E-state index contributed by atoms with van der Waals surface area (Å²) in [6, 6.07) is 4.13. The average molecular weight is 166 g/mol. The normalized spacial score (nSPS) is 73.0. The summed E-state index contributed by atoms with van der Waals surface area (Å²) >= 11 is 0. The van der Waals surface area contributed by atoms with Gasteiger partial charge in [0.2, 0.25) is 0 Å². The molecule has 1 spiro atoms. The summed E-state index contributed by atoms with van der Waals surface area (Å²) in [7, 11) is 0. The van der Waals surface area contributed by atoms with Crippen molar-refractivity contribution in [3.05, 3.63) is 0 Å². The largest absolute Gasteiger partial charge is 0.294 e. The molecule has 2 saturated heterocycles. The molecular formula is C11H20N+. The molecule has 0 bridgehead atoms. The van der Waals surface area contributed by atoms with Crippen molar-refractivity contribution in [1.29, 1.82) is 0 Å². The maximum atomic E-state index is 2.46. The highest BCUT2D eigenvalue weighted by Gasteiger charge is 2.87. The van der Waals surface area contributed by atoms with Gasteiger partial charge in [-0.05, 0) is 20.3 Å². The van der Waals surface area contributed by atoms with Crippen LogP contribution in [0.4, 0.5) is 0 Å². The van der Waals surface area contributed by atoms with Crippen LogP contribution in [0, 0.1) is 11.8 Å². The fourth-order valence-electron chi connectivity index (χ4n) is 4.67. The van der Waals surface area contributed by atoms with E-state index in [9.17, 15) is 0 Å². The van der Waals surface area contributed by atoms with Crippen molar-refractivity contribution in [3.8, 4) is 0 Å². The zero-order valence-corrected chi connectivity index (χ0v) is 8.62. The Morgan fingerprint density at radius 1 is 0.833 bits per heavy atom. The van der Waals surface area contributed by atoms with Gasteiger partial charge in [-0.2, -0.15) is 0 Å². The average Bonchev–Trinajstić information content (AvgIpc) is 2.78. The van der Waals surface area contributed by atoms with Crippen LogP contribution in [0.1, 0.15) is 34.1 Å². The van der Waals surface area contributed by atoms with Gasteiger partial charge in [0.05, 0.1) is 0 Å². The molecule has 68 valence electrons. The lowest BCUT2D eigenvalue weighted by atomic mass is 10.1. The molecule has 6 atom stereocenters. The van der Waals surface area contributed by atoms with E-state index in [-0.39, 0.29) is 0 Å². The maximum absolute atomic E-state index is 2.46. The topological polar surface area (TPSA) is 0 Å². The van der Waals surface area contributed by atoms with Gasteiger partial charge < -0.3 is 0 Å². The van der Waals surface area contributed by atoms with Crippen LogP contribution < -0.4 is 0 Å². The van der Waals surface area contributed by atoms with Gasteiger partial charge in [0.1, 0.15) is 24.2 Å². The molecule has 2 aliphatic heterocycles. The predicted octanol–water partition coefficient (Wildman–Crippen LogP) is 2.02. The van der Waals surface area contributed by atoms with Crippen molar-refractivity contribution < 1.29 is 4.48 Å². The minimum atomic E-state index is 0.991. The van der Waals surface area contributed by atoms with Gasteiger partial charge in [0.25, 0.3) is 0 Å². The minimum Gasteiger partial charge on any atom is -0.294 e. The fourth-order valence-corrected chi connectivity index (χ4v) is 4.67. The van der Waals surface area contributed by atoms with Crippen molar-refractivity contribution in [2.45, 2.75) is 58.3 Å². The quantitative estimate of drug-likeness (QED) is 0.381. The van der Waals surface area contributed by atoms with E-state index in [4.69, 9.17) is 0 Å². The van der Waals surface area contributed by atoms with E-state index >= 15 is 0 Å². The van der Waals surface area contributed by atoms with Crippen LogP contribution in [0.25, 0.3) is 0 Å². The zero-order valence-electron chi connectivity index (χ0n) is 8.62. The van der Waals surface area contributed by atoms with Gasteiger partial charge in [-0.15, -0.1) is 0 Å². The van der Waals surface area contributed by atoms with E-state index in [0.717, 1.165) is 36.0 Å². The van der Waals surface area contributed by atoms with Gasteiger partial charge in [-0.3, -0.25) is 4.48 Å². The summed E-state index contributed by atoms with van der Waals surface area (Å²) in [6.07, 6.45) is 1.49. The van der Waals surface area contributed by atoms with Crippen molar-refractivity contribution >= 4 is 0 Å². The van der Waals surface area contributed by atoms with E-state index in [1.807, 2.05) is 0 Å². The number of piperidine rings is 1. The Balaban J connectivity index is 1.90. The lowest BCUT2D eigenvalue weighted by Crippen LogP contribution is -2.19. The molecule has 3 rings (SSSR count). The summed E-state index contributed by atoms with van der Waals surface area (Å²) in [5.74, 6) is 2.02. The van der Waals surface area contributed by atoms with E-state index < -0.39 is 0 Å². The first-order valence-electron chi connectivity index (χ1n) is 5.49. The molecule has 0 aromatic carbocycles. The lowest BCUT2D eigenvalue weighted by molar-refractivity contribution is -0.721. The molecular weight excluding hydrogens is 146 g/mol. The second-order valence-corrected chi connectivity index (χ2v) is 5.55. The second-order valence-electron chi connectivity index (χ2n) is 5.55. The number of rotatable bonds is 0. The van der Waals surface area contributed by atoms with Crippen LogP contribution in [0.15, 0.2) is 0 Å². The molecule has 0 aromatic rings. The Morgan fingerprint density at radius 3 is 1.50 bits per heavy atom. The molecule has 1 aliphatic carbocycles. The molecule has 3 fully saturated rings. The number of quaternary nitrogens is 1. The third-order valence-corrected chi connectivity index (χ3v) is 5.22. The number of fused-ring (bicyclic) bond motifs is 3. The highest BCUT2D eigenvalue weighted by atomic mass is 15.7. The molecule has 4 unspecified atom stereocenters. The zero-order chi connectivity index (χ0) is 8.67. The van der Waals surface area contributed by atoms with Crippen molar-refractivity contribution in [1.82, 2.24) is 0 Å². The first-order valence-corrected chi connectivity index (χ1v) is 5.49. The third-order valence-electron chi connectivity index (χ3n) is 5.22.